The third-order valence-electron chi connectivity index (χ3n) is 3.38. The molecule has 1 aliphatic rings. The summed E-state index contributed by atoms with van der Waals surface area (Å²) in [5, 5.41) is 15.2. The van der Waals surface area contributed by atoms with Gasteiger partial charge in [0, 0.05) is 17.0 Å². The lowest BCUT2D eigenvalue weighted by Crippen LogP contribution is -2.09. The van der Waals surface area contributed by atoms with Gasteiger partial charge in [0.2, 0.25) is 5.91 Å². The van der Waals surface area contributed by atoms with E-state index in [-0.39, 0.29) is 5.91 Å². The lowest BCUT2D eigenvalue weighted by Gasteiger charge is -2.13. The molecular weight excluding hydrogens is 258 g/mol. The predicted octanol–water partition coefficient (Wildman–Crippen LogP) is 3.10. The Morgan fingerprint density at radius 3 is 2.95 bits per heavy atom. The van der Waals surface area contributed by atoms with E-state index in [0.717, 1.165) is 34.5 Å². The van der Waals surface area contributed by atoms with Crippen molar-refractivity contribution in [3.8, 4) is 0 Å². The third kappa shape index (κ3) is 2.55. The Bertz CT molecular complexity index is 592. The van der Waals surface area contributed by atoms with Crippen LogP contribution in [0, 0.1) is 0 Å². The average Bonchev–Trinajstić information content (AvgIpc) is 2.87. The molecule has 1 aromatic carbocycles. The molecule has 1 aliphatic heterocycles. The van der Waals surface area contributed by atoms with E-state index in [1.54, 1.807) is 11.3 Å². The molecule has 0 saturated carbocycles. The van der Waals surface area contributed by atoms with Gasteiger partial charge in [0.25, 0.3) is 0 Å². The van der Waals surface area contributed by atoms with E-state index in [9.17, 15) is 9.90 Å². The van der Waals surface area contributed by atoms with Crippen LogP contribution < -0.4 is 5.32 Å². The highest BCUT2D eigenvalue weighted by Gasteiger charge is 2.16. The molecular formula is C15H15NO2S. The summed E-state index contributed by atoms with van der Waals surface area (Å²) in [6.45, 7) is 0. The van der Waals surface area contributed by atoms with Crippen molar-refractivity contribution in [2.24, 2.45) is 0 Å². The second-order valence-corrected chi connectivity index (χ2v) is 5.72. The Morgan fingerprint density at radius 2 is 2.16 bits per heavy atom. The van der Waals surface area contributed by atoms with Gasteiger partial charge in [-0.3, -0.25) is 4.79 Å². The number of aliphatic hydroxyl groups excluding tert-OH is 1. The lowest BCUT2D eigenvalue weighted by molar-refractivity contribution is -0.116. The monoisotopic (exact) mass is 273 g/mol. The maximum Gasteiger partial charge on any atom is 0.224 e. The van der Waals surface area contributed by atoms with Gasteiger partial charge in [-0.2, -0.15) is 0 Å². The van der Waals surface area contributed by atoms with Crippen molar-refractivity contribution in [2.75, 3.05) is 5.32 Å². The van der Waals surface area contributed by atoms with Crippen LogP contribution in [0.2, 0.25) is 0 Å². The second kappa shape index (κ2) is 5.15. The van der Waals surface area contributed by atoms with Crippen LogP contribution in [0.15, 0.2) is 35.7 Å². The van der Waals surface area contributed by atoms with Crippen LogP contribution in [0.5, 0.6) is 0 Å². The van der Waals surface area contributed by atoms with Gasteiger partial charge in [-0.25, -0.2) is 0 Å². The van der Waals surface area contributed by atoms with E-state index in [0.29, 0.717) is 6.42 Å². The standard InChI is InChI=1S/C15H15NO2S/c17-14-5-1-3-10-9-11(6-7-12(10)16-14)15(18)13-4-2-8-19-13/h2,4,6-9,15,18H,1,3,5H2,(H,16,17). The molecule has 0 radical (unpaired) electrons. The molecule has 0 fully saturated rings. The smallest absolute Gasteiger partial charge is 0.224 e. The first-order valence-corrected chi connectivity index (χ1v) is 7.26. The number of amides is 1. The van der Waals surface area contributed by atoms with Crippen molar-refractivity contribution >= 4 is 22.9 Å². The minimum atomic E-state index is -0.579. The highest BCUT2D eigenvalue weighted by Crippen LogP contribution is 2.30. The highest BCUT2D eigenvalue weighted by molar-refractivity contribution is 7.10. The minimum absolute atomic E-state index is 0.0744. The minimum Gasteiger partial charge on any atom is -0.383 e. The van der Waals surface area contributed by atoms with Crippen LogP contribution in [0.4, 0.5) is 5.69 Å². The van der Waals surface area contributed by atoms with E-state index < -0.39 is 6.10 Å². The lowest BCUT2D eigenvalue weighted by atomic mass is 10.0. The van der Waals surface area contributed by atoms with Crippen molar-refractivity contribution in [1.82, 2.24) is 0 Å². The number of benzene rings is 1. The highest BCUT2D eigenvalue weighted by atomic mass is 32.1. The summed E-state index contributed by atoms with van der Waals surface area (Å²) >= 11 is 1.55. The van der Waals surface area contributed by atoms with Gasteiger partial charge in [0.05, 0.1) is 0 Å². The van der Waals surface area contributed by atoms with Crippen molar-refractivity contribution in [3.05, 3.63) is 51.7 Å². The van der Waals surface area contributed by atoms with E-state index in [4.69, 9.17) is 0 Å². The molecule has 4 heteroatoms. The van der Waals surface area contributed by atoms with Crippen molar-refractivity contribution in [3.63, 3.8) is 0 Å². The summed E-state index contributed by atoms with van der Waals surface area (Å²) in [4.78, 5) is 12.4. The summed E-state index contributed by atoms with van der Waals surface area (Å²) in [5.41, 5.74) is 2.88. The first-order valence-electron chi connectivity index (χ1n) is 6.38. The van der Waals surface area contributed by atoms with Crippen LogP contribution in [0.3, 0.4) is 0 Å². The molecule has 98 valence electrons. The van der Waals surface area contributed by atoms with Crippen LogP contribution in [-0.2, 0) is 11.2 Å². The average molecular weight is 273 g/mol. The number of hydrogen-bond donors (Lipinski definition) is 2. The fourth-order valence-corrected chi connectivity index (χ4v) is 3.11. The maximum atomic E-state index is 11.5. The molecule has 1 unspecified atom stereocenters. The summed E-state index contributed by atoms with van der Waals surface area (Å²) < 4.78 is 0. The van der Waals surface area contributed by atoms with E-state index >= 15 is 0 Å². The van der Waals surface area contributed by atoms with Gasteiger partial charge in [-0.1, -0.05) is 18.2 Å². The number of carbonyl (C=O) groups is 1. The third-order valence-corrected chi connectivity index (χ3v) is 4.31. The first kappa shape index (κ1) is 12.4. The summed E-state index contributed by atoms with van der Waals surface area (Å²) in [5.74, 6) is 0.0744. The van der Waals surface area contributed by atoms with Crippen molar-refractivity contribution in [1.29, 1.82) is 0 Å². The SMILES string of the molecule is O=C1CCCc2cc(C(O)c3cccs3)ccc2N1. The van der Waals surface area contributed by atoms with E-state index in [2.05, 4.69) is 5.32 Å². The molecule has 0 aliphatic carbocycles. The molecule has 1 atom stereocenters. The Hall–Kier alpha value is -1.65. The van der Waals surface area contributed by atoms with Crippen molar-refractivity contribution in [2.45, 2.75) is 25.4 Å². The van der Waals surface area contributed by atoms with Crippen LogP contribution in [-0.4, -0.2) is 11.0 Å². The number of hydrogen-bond acceptors (Lipinski definition) is 3. The number of fused-ring (bicyclic) bond motifs is 1. The number of carbonyl (C=O) groups excluding carboxylic acids is 1. The molecule has 3 rings (SSSR count). The topological polar surface area (TPSA) is 49.3 Å². The summed E-state index contributed by atoms with van der Waals surface area (Å²) in [6.07, 6.45) is 1.72. The molecule has 2 heterocycles. The van der Waals surface area contributed by atoms with Gasteiger partial charge in [0.15, 0.2) is 0 Å². The Balaban J connectivity index is 1.93. The normalized spacial score (nSPS) is 16.4. The number of thiophene rings is 1. The van der Waals surface area contributed by atoms with E-state index in [1.165, 1.54) is 0 Å². The first-order chi connectivity index (χ1) is 9.24. The molecule has 2 aromatic rings. The number of aryl methyl sites for hydroxylation is 1. The van der Waals surface area contributed by atoms with Gasteiger partial charge < -0.3 is 10.4 Å². The fourth-order valence-electron chi connectivity index (χ4n) is 2.38. The summed E-state index contributed by atoms with van der Waals surface area (Å²) in [7, 11) is 0. The molecule has 0 saturated heterocycles. The molecule has 1 aromatic heterocycles. The zero-order valence-electron chi connectivity index (χ0n) is 10.4. The predicted molar refractivity (Wildman–Crippen MR) is 76.4 cm³/mol. The number of aliphatic hydroxyl groups is 1. The van der Waals surface area contributed by atoms with Gasteiger partial charge >= 0.3 is 0 Å². The summed E-state index contributed by atoms with van der Waals surface area (Å²) in [6, 6.07) is 9.65. The zero-order chi connectivity index (χ0) is 13.2. The van der Waals surface area contributed by atoms with Gasteiger partial charge in [0.1, 0.15) is 6.10 Å². The quantitative estimate of drug-likeness (QED) is 0.883. The molecule has 0 bridgehead atoms. The van der Waals surface area contributed by atoms with Crippen LogP contribution in [0.25, 0.3) is 0 Å². The number of rotatable bonds is 2. The number of anilines is 1. The Kier molecular flexibility index (Phi) is 3.36. The molecule has 3 nitrogen and oxygen atoms in total. The van der Waals surface area contributed by atoms with Crippen LogP contribution in [0.1, 0.15) is 34.9 Å². The molecule has 2 N–H and O–H groups in total. The Morgan fingerprint density at radius 1 is 1.26 bits per heavy atom. The van der Waals surface area contributed by atoms with Gasteiger partial charge in [-0.05, 0) is 41.5 Å². The molecule has 0 spiro atoms. The largest absolute Gasteiger partial charge is 0.383 e. The van der Waals surface area contributed by atoms with Crippen LogP contribution >= 0.6 is 11.3 Å². The molecule has 1 amide bonds. The number of nitrogens with one attached hydrogen (secondary N) is 1. The zero-order valence-corrected chi connectivity index (χ0v) is 11.2. The fraction of sp³-hybridized carbons (Fsp3) is 0.267. The second-order valence-electron chi connectivity index (χ2n) is 4.74. The van der Waals surface area contributed by atoms with Crippen molar-refractivity contribution < 1.29 is 9.90 Å². The van der Waals surface area contributed by atoms with Gasteiger partial charge in [-0.15, -0.1) is 11.3 Å². The Labute approximate surface area is 115 Å². The van der Waals surface area contributed by atoms with E-state index in [1.807, 2.05) is 35.7 Å². The maximum absolute atomic E-state index is 11.5. The molecule has 19 heavy (non-hydrogen) atoms.